The third-order valence-corrected chi connectivity index (χ3v) is 3.79. The van der Waals surface area contributed by atoms with Crippen molar-refractivity contribution >= 4 is 16.3 Å². The molecule has 1 aliphatic heterocycles. The van der Waals surface area contributed by atoms with Crippen LogP contribution in [0.15, 0.2) is 11.4 Å². The molecule has 1 fully saturated rings. The molecule has 0 saturated carbocycles. The summed E-state index contributed by atoms with van der Waals surface area (Å²) in [6, 6.07) is 1.66. The Kier molecular flexibility index (Phi) is 3.70. The Hall–Kier alpha value is -0.980. The van der Waals surface area contributed by atoms with E-state index in [-0.39, 0.29) is 21.6 Å². The standard InChI is InChI=1S/C12H18N2O3S/c1-9-5-13(8-12(2,3)17-9)6-10-4-11(14(15)16)18-7-10/h4,7,9H,5-6,8H2,1-3H3. The zero-order valence-corrected chi connectivity index (χ0v) is 11.7. The molecule has 1 saturated heterocycles. The van der Waals surface area contributed by atoms with Crippen LogP contribution in [-0.4, -0.2) is 34.6 Å². The summed E-state index contributed by atoms with van der Waals surface area (Å²) in [6.07, 6.45) is 0.197. The fourth-order valence-electron chi connectivity index (χ4n) is 2.51. The second-order valence-electron chi connectivity index (χ2n) is 5.41. The summed E-state index contributed by atoms with van der Waals surface area (Å²) in [4.78, 5) is 12.6. The topological polar surface area (TPSA) is 55.6 Å². The van der Waals surface area contributed by atoms with Crippen molar-refractivity contribution in [2.75, 3.05) is 13.1 Å². The van der Waals surface area contributed by atoms with Crippen molar-refractivity contribution in [2.45, 2.75) is 39.0 Å². The van der Waals surface area contributed by atoms with E-state index in [1.54, 1.807) is 6.07 Å². The van der Waals surface area contributed by atoms with E-state index in [1.807, 2.05) is 5.38 Å². The molecule has 1 atom stereocenters. The van der Waals surface area contributed by atoms with Crippen LogP contribution in [0, 0.1) is 10.1 Å². The Morgan fingerprint density at radius 1 is 1.67 bits per heavy atom. The molecule has 18 heavy (non-hydrogen) atoms. The van der Waals surface area contributed by atoms with Gasteiger partial charge in [-0.2, -0.15) is 0 Å². The second kappa shape index (κ2) is 4.95. The minimum Gasteiger partial charge on any atom is -0.370 e. The Balaban J connectivity index is 2.02. The molecule has 0 aromatic carbocycles. The first-order chi connectivity index (χ1) is 8.35. The molecule has 2 heterocycles. The van der Waals surface area contributed by atoms with Gasteiger partial charge in [-0.3, -0.25) is 15.0 Å². The van der Waals surface area contributed by atoms with Gasteiger partial charge >= 0.3 is 5.00 Å². The Morgan fingerprint density at radius 2 is 2.39 bits per heavy atom. The third kappa shape index (κ3) is 3.28. The van der Waals surface area contributed by atoms with Crippen LogP contribution >= 0.6 is 11.3 Å². The van der Waals surface area contributed by atoms with E-state index in [0.717, 1.165) is 25.2 Å². The number of nitro groups is 1. The van der Waals surface area contributed by atoms with Gasteiger partial charge in [-0.1, -0.05) is 11.3 Å². The van der Waals surface area contributed by atoms with Crippen LogP contribution in [0.2, 0.25) is 0 Å². The highest BCUT2D eigenvalue weighted by molar-refractivity contribution is 7.13. The number of nitrogens with zero attached hydrogens (tertiary/aromatic N) is 2. The molecular formula is C12H18N2O3S. The van der Waals surface area contributed by atoms with Crippen LogP contribution in [-0.2, 0) is 11.3 Å². The van der Waals surface area contributed by atoms with Gasteiger partial charge in [-0.15, -0.1) is 0 Å². The minimum absolute atomic E-state index is 0.153. The van der Waals surface area contributed by atoms with Crippen LogP contribution in [0.3, 0.4) is 0 Å². The lowest BCUT2D eigenvalue weighted by molar-refractivity contribution is -0.380. The highest BCUT2D eigenvalue weighted by Crippen LogP contribution is 2.26. The minimum atomic E-state index is -0.333. The summed E-state index contributed by atoms with van der Waals surface area (Å²) in [6.45, 7) is 8.68. The average Bonchev–Trinajstić information content (AvgIpc) is 2.62. The molecule has 100 valence electrons. The van der Waals surface area contributed by atoms with Gasteiger partial charge < -0.3 is 4.74 Å². The SMILES string of the molecule is CC1CN(Cc2csc([N+](=O)[O-])c2)CC(C)(C)O1. The lowest BCUT2D eigenvalue weighted by Crippen LogP contribution is -2.51. The van der Waals surface area contributed by atoms with Crippen molar-refractivity contribution in [3.05, 3.63) is 27.1 Å². The molecule has 0 bridgehead atoms. The van der Waals surface area contributed by atoms with Crippen LogP contribution < -0.4 is 0 Å². The van der Waals surface area contributed by atoms with Crippen molar-refractivity contribution in [2.24, 2.45) is 0 Å². The summed E-state index contributed by atoms with van der Waals surface area (Å²) in [7, 11) is 0. The number of thiophene rings is 1. The van der Waals surface area contributed by atoms with Gasteiger partial charge in [0.2, 0.25) is 0 Å². The summed E-state index contributed by atoms with van der Waals surface area (Å²) in [5.74, 6) is 0. The van der Waals surface area contributed by atoms with E-state index in [1.165, 1.54) is 11.3 Å². The normalized spacial score (nSPS) is 24.1. The average molecular weight is 270 g/mol. The number of hydrogen-bond donors (Lipinski definition) is 0. The highest BCUT2D eigenvalue weighted by atomic mass is 32.1. The number of morpholine rings is 1. The lowest BCUT2D eigenvalue weighted by atomic mass is 10.1. The van der Waals surface area contributed by atoms with E-state index in [2.05, 4.69) is 25.7 Å². The van der Waals surface area contributed by atoms with Crippen LogP contribution in [0.4, 0.5) is 5.00 Å². The summed E-state index contributed by atoms with van der Waals surface area (Å²) in [5, 5.41) is 12.7. The van der Waals surface area contributed by atoms with Gasteiger partial charge in [-0.05, 0) is 26.3 Å². The third-order valence-electron chi connectivity index (χ3n) is 2.87. The molecule has 0 aliphatic carbocycles. The highest BCUT2D eigenvalue weighted by Gasteiger charge is 2.31. The van der Waals surface area contributed by atoms with E-state index in [0.29, 0.717) is 0 Å². The molecule has 0 spiro atoms. The van der Waals surface area contributed by atoms with E-state index in [9.17, 15) is 10.1 Å². The smallest absolute Gasteiger partial charge is 0.324 e. The van der Waals surface area contributed by atoms with Crippen LogP contribution in [0.25, 0.3) is 0 Å². The molecule has 1 unspecified atom stereocenters. The van der Waals surface area contributed by atoms with Gasteiger partial charge in [-0.25, -0.2) is 0 Å². The van der Waals surface area contributed by atoms with Gasteiger partial charge in [0.15, 0.2) is 0 Å². The predicted molar refractivity (Wildman–Crippen MR) is 70.9 cm³/mol. The van der Waals surface area contributed by atoms with Crippen molar-refractivity contribution < 1.29 is 9.66 Å². The monoisotopic (exact) mass is 270 g/mol. The molecule has 6 heteroatoms. The molecule has 2 rings (SSSR count). The number of ether oxygens (including phenoxy) is 1. The fourth-order valence-corrected chi connectivity index (χ4v) is 3.23. The van der Waals surface area contributed by atoms with Crippen LogP contribution in [0.1, 0.15) is 26.3 Å². The van der Waals surface area contributed by atoms with Crippen molar-refractivity contribution in [3.8, 4) is 0 Å². The van der Waals surface area contributed by atoms with E-state index in [4.69, 9.17) is 4.74 Å². The van der Waals surface area contributed by atoms with Crippen molar-refractivity contribution in [3.63, 3.8) is 0 Å². The summed E-state index contributed by atoms with van der Waals surface area (Å²) in [5.41, 5.74) is 0.858. The molecule has 0 N–H and O–H groups in total. The van der Waals surface area contributed by atoms with E-state index < -0.39 is 0 Å². The van der Waals surface area contributed by atoms with Gasteiger partial charge in [0.05, 0.1) is 16.6 Å². The maximum absolute atomic E-state index is 10.6. The second-order valence-corrected chi connectivity index (χ2v) is 6.30. The quantitative estimate of drug-likeness (QED) is 0.626. The van der Waals surface area contributed by atoms with Gasteiger partial charge in [0.1, 0.15) is 0 Å². The maximum Gasteiger partial charge on any atom is 0.324 e. The fraction of sp³-hybridized carbons (Fsp3) is 0.667. The molecule has 1 aromatic heterocycles. The summed E-state index contributed by atoms with van der Waals surface area (Å²) >= 11 is 1.19. The molecule has 0 radical (unpaired) electrons. The van der Waals surface area contributed by atoms with Crippen LogP contribution in [0.5, 0.6) is 0 Å². The largest absolute Gasteiger partial charge is 0.370 e. The predicted octanol–water partition coefficient (Wildman–Crippen LogP) is 2.66. The molecule has 1 aliphatic rings. The summed E-state index contributed by atoms with van der Waals surface area (Å²) < 4.78 is 5.84. The van der Waals surface area contributed by atoms with Crippen molar-refractivity contribution in [1.82, 2.24) is 4.90 Å². The Morgan fingerprint density at radius 3 is 2.94 bits per heavy atom. The Bertz CT molecular complexity index is 444. The zero-order valence-electron chi connectivity index (χ0n) is 10.9. The van der Waals surface area contributed by atoms with Crippen molar-refractivity contribution in [1.29, 1.82) is 0 Å². The maximum atomic E-state index is 10.6. The van der Waals surface area contributed by atoms with Gasteiger partial charge in [0, 0.05) is 31.1 Å². The molecular weight excluding hydrogens is 252 g/mol. The number of hydrogen-bond acceptors (Lipinski definition) is 5. The van der Waals surface area contributed by atoms with E-state index >= 15 is 0 Å². The molecule has 1 aromatic rings. The molecule has 0 amide bonds. The first kappa shape index (κ1) is 13.5. The number of rotatable bonds is 3. The molecule has 5 nitrogen and oxygen atoms in total. The zero-order chi connectivity index (χ0) is 13.3. The Labute approximate surface area is 111 Å². The van der Waals surface area contributed by atoms with Gasteiger partial charge in [0.25, 0.3) is 0 Å². The lowest BCUT2D eigenvalue weighted by Gasteiger charge is -2.41. The first-order valence-corrected chi connectivity index (χ1v) is 6.86. The first-order valence-electron chi connectivity index (χ1n) is 5.98.